The van der Waals surface area contributed by atoms with E-state index in [0.717, 1.165) is 42.1 Å². The summed E-state index contributed by atoms with van der Waals surface area (Å²) < 4.78 is 12.2. The van der Waals surface area contributed by atoms with Gasteiger partial charge in [0.15, 0.2) is 11.5 Å². The van der Waals surface area contributed by atoms with Crippen LogP contribution in [0.25, 0.3) is 0 Å². The predicted octanol–water partition coefficient (Wildman–Crippen LogP) is 3.11. The minimum atomic E-state index is -0.296. The van der Waals surface area contributed by atoms with Gasteiger partial charge in [0.2, 0.25) is 6.79 Å². The molecule has 192 valence electrons. The highest BCUT2D eigenvalue weighted by Gasteiger charge is 2.61. The lowest BCUT2D eigenvalue weighted by molar-refractivity contribution is -0.903. The number of nitriles is 1. The third-order valence-corrected chi connectivity index (χ3v) is 9.85. The Hall–Kier alpha value is -1.78. The quantitative estimate of drug-likeness (QED) is 0.347. The van der Waals surface area contributed by atoms with Crippen LogP contribution in [0.5, 0.6) is 11.5 Å². The van der Waals surface area contributed by atoms with Crippen molar-refractivity contribution in [1.29, 1.82) is 5.26 Å². The van der Waals surface area contributed by atoms with Gasteiger partial charge in [-0.3, -0.25) is 0 Å². The number of ether oxygens (including phenoxy) is 2. The molecule has 4 aliphatic rings. The van der Waals surface area contributed by atoms with E-state index in [-0.39, 0.29) is 29.4 Å². The molecule has 2 heterocycles. The molecule has 2 saturated carbocycles. The highest BCUT2D eigenvalue weighted by Crippen LogP contribution is 2.57. The standard InChI is InChI=1S/C31H39N2O2.HI/c1-33(17-15-23-12-13-29-30(18-23)35-22-34-29)19-27-26(28(27)20-33)14-16-31(21-32,24-8-4-2-5-9-24)25-10-6-3-7-11-25;/h2,4-5,8-9,12-13,18,25-28H,3,6-7,10-11,14-17,19-20,22H2,1H3;1H/q+1;/p-1. The van der Waals surface area contributed by atoms with Crippen LogP contribution in [0.4, 0.5) is 0 Å². The van der Waals surface area contributed by atoms with E-state index < -0.39 is 0 Å². The van der Waals surface area contributed by atoms with Crippen LogP contribution in [0, 0.1) is 35.0 Å². The van der Waals surface area contributed by atoms with Crippen LogP contribution >= 0.6 is 0 Å². The van der Waals surface area contributed by atoms with Crippen LogP contribution in [0.3, 0.4) is 0 Å². The smallest absolute Gasteiger partial charge is 0.231 e. The number of hydrogen-bond acceptors (Lipinski definition) is 3. The Labute approximate surface area is 233 Å². The second-order valence-corrected chi connectivity index (χ2v) is 12.0. The molecule has 36 heavy (non-hydrogen) atoms. The lowest BCUT2D eigenvalue weighted by Gasteiger charge is -2.38. The molecule has 4 nitrogen and oxygen atoms in total. The summed E-state index contributed by atoms with van der Waals surface area (Å²) in [4.78, 5) is 0. The van der Waals surface area contributed by atoms with Crippen LogP contribution < -0.4 is 33.5 Å². The Morgan fingerprint density at radius 2 is 1.69 bits per heavy atom. The second kappa shape index (κ2) is 10.5. The Morgan fingerprint density at radius 3 is 2.42 bits per heavy atom. The molecular formula is C31H39IN2O2. The van der Waals surface area contributed by atoms with Gasteiger partial charge in [0.1, 0.15) is 0 Å². The van der Waals surface area contributed by atoms with Gasteiger partial charge in [-0.1, -0.05) is 55.7 Å². The molecule has 2 aliphatic carbocycles. The van der Waals surface area contributed by atoms with Gasteiger partial charge in [0.25, 0.3) is 0 Å². The molecule has 0 N–H and O–H groups in total. The summed E-state index contributed by atoms with van der Waals surface area (Å²) in [5.74, 6) is 4.82. The fourth-order valence-electron chi connectivity index (χ4n) is 7.79. The van der Waals surface area contributed by atoms with E-state index in [4.69, 9.17) is 9.47 Å². The van der Waals surface area contributed by atoms with Crippen LogP contribution in [0.15, 0.2) is 48.5 Å². The minimum Gasteiger partial charge on any atom is -1.00 e. The normalized spacial score (nSPS) is 30.1. The number of rotatable bonds is 8. The summed E-state index contributed by atoms with van der Waals surface area (Å²) in [6.07, 6.45) is 9.69. The summed E-state index contributed by atoms with van der Waals surface area (Å²) in [6, 6.07) is 20.1. The van der Waals surface area contributed by atoms with E-state index in [0.29, 0.717) is 12.7 Å². The Balaban J connectivity index is 0.00000267. The number of benzene rings is 2. The largest absolute Gasteiger partial charge is 1.00 e. The SMILES string of the molecule is C[N+]1(CCc2ccc3c(c2)OCO3)CC2C(CCC(C#N)(c3ccccc3)C3CCCCC3)C2C1.[I-]. The van der Waals surface area contributed by atoms with Crippen LogP contribution in [-0.2, 0) is 11.8 Å². The molecule has 2 aromatic carbocycles. The van der Waals surface area contributed by atoms with E-state index in [1.807, 2.05) is 0 Å². The summed E-state index contributed by atoms with van der Waals surface area (Å²) in [5, 5.41) is 10.6. The van der Waals surface area contributed by atoms with Crippen molar-refractivity contribution in [3.63, 3.8) is 0 Å². The van der Waals surface area contributed by atoms with Crippen molar-refractivity contribution in [3.05, 3.63) is 59.7 Å². The summed E-state index contributed by atoms with van der Waals surface area (Å²) in [7, 11) is 2.45. The van der Waals surface area contributed by atoms with Gasteiger partial charge < -0.3 is 37.9 Å². The van der Waals surface area contributed by atoms with E-state index in [1.165, 1.54) is 73.8 Å². The van der Waals surface area contributed by atoms with E-state index >= 15 is 0 Å². The average molecular weight is 599 g/mol. The number of quaternary nitrogens is 1. The van der Waals surface area contributed by atoms with Gasteiger partial charge in [-0.05, 0) is 60.8 Å². The zero-order valence-corrected chi connectivity index (χ0v) is 23.7. The van der Waals surface area contributed by atoms with Crippen molar-refractivity contribution >= 4 is 0 Å². The molecule has 2 aliphatic heterocycles. The molecule has 1 saturated heterocycles. The maximum absolute atomic E-state index is 10.6. The fourth-order valence-corrected chi connectivity index (χ4v) is 7.79. The van der Waals surface area contributed by atoms with Crippen molar-refractivity contribution in [1.82, 2.24) is 0 Å². The van der Waals surface area contributed by atoms with Crippen molar-refractivity contribution in [3.8, 4) is 17.6 Å². The highest BCUT2D eigenvalue weighted by atomic mass is 127. The first-order chi connectivity index (χ1) is 17.1. The Bertz CT molecular complexity index is 1080. The average Bonchev–Trinajstić information content (AvgIpc) is 3.22. The number of likely N-dealkylation sites (N-methyl/N-ethyl adjacent to an activating group) is 1. The van der Waals surface area contributed by atoms with E-state index in [2.05, 4.69) is 61.6 Å². The third-order valence-electron chi connectivity index (χ3n) is 9.85. The van der Waals surface area contributed by atoms with Gasteiger partial charge in [0, 0.05) is 18.3 Å². The summed E-state index contributed by atoms with van der Waals surface area (Å²) in [5.41, 5.74) is 2.32. The number of fused-ring (bicyclic) bond motifs is 2. The molecule has 3 atom stereocenters. The highest BCUT2D eigenvalue weighted by molar-refractivity contribution is 5.44. The number of piperidine rings is 1. The zero-order chi connectivity index (χ0) is 23.9. The first kappa shape index (κ1) is 25.9. The topological polar surface area (TPSA) is 42.2 Å². The molecule has 6 rings (SSSR count). The first-order valence-electron chi connectivity index (χ1n) is 13.8. The van der Waals surface area contributed by atoms with Crippen molar-refractivity contribution < 1.29 is 37.9 Å². The lowest BCUT2D eigenvalue weighted by Crippen LogP contribution is -3.00. The molecular weight excluding hydrogens is 559 g/mol. The maximum atomic E-state index is 10.6. The summed E-state index contributed by atoms with van der Waals surface area (Å²) in [6.45, 7) is 4.13. The zero-order valence-electron chi connectivity index (χ0n) is 21.5. The molecule has 0 bridgehead atoms. The van der Waals surface area contributed by atoms with Crippen LogP contribution in [-0.4, -0.2) is 38.0 Å². The third kappa shape index (κ3) is 4.88. The van der Waals surface area contributed by atoms with Crippen LogP contribution in [0.1, 0.15) is 56.1 Å². The molecule has 0 aromatic heterocycles. The Morgan fingerprint density at radius 1 is 0.972 bits per heavy atom. The molecule has 3 fully saturated rings. The van der Waals surface area contributed by atoms with Gasteiger partial charge in [-0.2, -0.15) is 5.26 Å². The fraction of sp³-hybridized carbons (Fsp3) is 0.581. The number of hydrogen-bond donors (Lipinski definition) is 0. The lowest BCUT2D eigenvalue weighted by atomic mass is 9.63. The second-order valence-electron chi connectivity index (χ2n) is 12.0. The first-order valence-corrected chi connectivity index (χ1v) is 13.8. The van der Waals surface area contributed by atoms with E-state index in [1.54, 1.807) is 0 Å². The van der Waals surface area contributed by atoms with Gasteiger partial charge in [0.05, 0.1) is 38.2 Å². The van der Waals surface area contributed by atoms with Crippen molar-refractivity contribution in [2.75, 3.05) is 33.5 Å². The predicted molar refractivity (Wildman–Crippen MR) is 137 cm³/mol. The molecule has 3 unspecified atom stereocenters. The molecule has 0 radical (unpaired) electrons. The van der Waals surface area contributed by atoms with Crippen molar-refractivity contribution in [2.24, 2.45) is 23.7 Å². The molecule has 0 spiro atoms. The minimum absolute atomic E-state index is 0. The maximum Gasteiger partial charge on any atom is 0.231 e. The Kier molecular flexibility index (Phi) is 7.56. The summed E-state index contributed by atoms with van der Waals surface area (Å²) >= 11 is 0. The number of halogens is 1. The van der Waals surface area contributed by atoms with Gasteiger partial charge >= 0.3 is 0 Å². The molecule has 5 heteroatoms. The van der Waals surface area contributed by atoms with Crippen molar-refractivity contribution in [2.45, 2.75) is 56.8 Å². The molecule has 0 amide bonds. The number of likely N-dealkylation sites (tertiary alicyclic amines) is 1. The van der Waals surface area contributed by atoms with Crippen LogP contribution in [0.2, 0.25) is 0 Å². The molecule has 2 aromatic rings. The van der Waals surface area contributed by atoms with Gasteiger partial charge in [-0.15, -0.1) is 0 Å². The number of nitrogens with zero attached hydrogens (tertiary/aromatic N) is 2. The monoisotopic (exact) mass is 598 g/mol. The van der Waals surface area contributed by atoms with E-state index in [9.17, 15) is 5.26 Å². The van der Waals surface area contributed by atoms with Gasteiger partial charge in [-0.25, -0.2) is 0 Å².